The van der Waals surface area contributed by atoms with Crippen LogP contribution in [0.15, 0.2) is 6.07 Å². The Morgan fingerprint density at radius 3 is 2.58 bits per heavy atom. The highest BCUT2D eigenvalue weighted by Crippen LogP contribution is 2.27. The molecule has 0 aliphatic heterocycles. The molecule has 0 spiro atoms. The number of aromatic nitrogens is 1. The number of halogens is 4. The van der Waals surface area contributed by atoms with Crippen molar-refractivity contribution in [2.45, 2.75) is 19.3 Å². The molecule has 1 aromatic rings. The molecule has 9 heteroatoms. The Labute approximate surface area is 105 Å². The van der Waals surface area contributed by atoms with Crippen molar-refractivity contribution in [1.29, 1.82) is 0 Å². The maximum atomic E-state index is 13.4. The maximum Gasteiger partial charge on any atom is 0.573 e. The van der Waals surface area contributed by atoms with Crippen LogP contribution >= 0.6 is 0 Å². The summed E-state index contributed by atoms with van der Waals surface area (Å²) in [6.07, 6.45) is -5.53. The Kier molecular flexibility index (Phi) is 4.65. The average molecular weight is 282 g/mol. The second-order valence-electron chi connectivity index (χ2n) is 3.39. The van der Waals surface area contributed by atoms with E-state index in [1.807, 2.05) is 0 Å². The maximum absolute atomic E-state index is 13.4. The Hall–Kier alpha value is -1.90. The Morgan fingerprint density at radius 2 is 2.11 bits per heavy atom. The first-order chi connectivity index (χ1) is 8.76. The SMILES string of the molecule is COC(=O)Cc1cc(OC(F)(F)F)c(CN)nc1F. The van der Waals surface area contributed by atoms with E-state index in [1.54, 1.807) is 0 Å². The van der Waals surface area contributed by atoms with Crippen LogP contribution in [0.4, 0.5) is 17.6 Å². The van der Waals surface area contributed by atoms with Crippen LogP contribution in [-0.2, 0) is 22.5 Å². The van der Waals surface area contributed by atoms with Gasteiger partial charge in [0.25, 0.3) is 0 Å². The van der Waals surface area contributed by atoms with E-state index in [2.05, 4.69) is 14.5 Å². The van der Waals surface area contributed by atoms with Gasteiger partial charge in [-0.15, -0.1) is 13.2 Å². The van der Waals surface area contributed by atoms with E-state index in [0.29, 0.717) is 0 Å². The van der Waals surface area contributed by atoms with Gasteiger partial charge in [0, 0.05) is 12.1 Å². The summed E-state index contributed by atoms with van der Waals surface area (Å²) in [4.78, 5) is 14.2. The minimum absolute atomic E-state index is 0.372. The predicted molar refractivity (Wildman–Crippen MR) is 54.5 cm³/mol. The summed E-state index contributed by atoms with van der Waals surface area (Å²) < 4.78 is 57.8. The number of pyridine rings is 1. The summed E-state index contributed by atoms with van der Waals surface area (Å²) in [6.45, 7) is -0.444. The highest BCUT2D eigenvalue weighted by atomic mass is 19.4. The summed E-state index contributed by atoms with van der Waals surface area (Å²) in [5, 5.41) is 0. The van der Waals surface area contributed by atoms with Crippen LogP contribution in [0, 0.1) is 5.95 Å². The third-order valence-electron chi connectivity index (χ3n) is 2.07. The number of hydrogen-bond donors (Lipinski definition) is 1. The van der Waals surface area contributed by atoms with E-state index in [0.717, 1.165) is 13.2 Å². The summed E-state index contributed by atoms with van der Waals surface area (Å²) in [6, 6.07) is 0.731. The Morgan fingerprint density at radius 1 is 1.47 bits per heavy atom. The zero-order valence-electron chi connectivity index (χ0n) is 9.75. The zero-order valence-corrected chi connectivity index (χ0v) is 9.75. The first kappa shape index (κ1) is 15.2. The lowest BCUT2D eigenvalue weighted by molar-refractivity contribution is -0.275. The van der Waals surface area contributed by atoms with Gasteiger partial charge in [-0.1, -0.05) is 0 Å². The van der Waals surface area contributed by atoms with E-state index in [-0.39, 0.29) is 5.56 Å². The van der Waals surface area contributed by atoms with Crippen molar-refractivity contribution < 1.29 is 31.8 Å². The highest BCUT2D eigenvalue weighted by molar-refractivity contribution is 5.72. The van der Waals surface area contributed by atoms with Gasteiger partial charge in [0.05, 0.1) is 19.2 Å². The Bertz CT molecular complexity index is 477. The van der Waals surface area contributed by atoms with Crippen LogP contribution in [0.1, 0.15) is 11.3 Å². The number of alkyl halides is 3. The quantitative estimate of drug-likeness (QED) is 0.512. The number of ether oxygens (including phenoxy) is 2. The van der Waals surface area contributed by atoms with Gasteiger partial charge < -0.3 is 15.2 Å². The summed E-state index contributed by atoms with van der Waals surface area (Å²) in [5.41, 5.74) is 4.38. The topological polar surface area (TPSA) is 74.4 Å². The first-order valence-electron chi connectivity index (χ1n) is 4.97. The normalized spacial score (nSPS) is 11.3. The van der Waals surface area contributed by atoms with E-state index in [1.165, 1.54) is 0 Å². The number of nitrogens with zero attached hydrogens (tertiary/aromatic N) is 1. The van der Waals surface area contributed by atoms with Gasteiger partial charge in [-0.05, 0) is 6.07 Å². The molecule has 2 N–H and O–H groups in total. The second-order valence-corrected chi connectivity index (χ2v) is 3.39. The molecule has 19 heavy (non-hydrogen) atoms. The van der Waals surface area contributed by atoms with Crippen molar-refractivity contribution >= 4 is 5.97 Å². The Balaban J connectivity index is 3.14. The molecule has 1 rings (SSSR count). The molecule has 0 amide bonds. The van der Waals surface area contributed by atoms with Crippen LogP contribution in [0.25, 0.3) is 0 Å². The van der Waals surface area contributed by atoms with Crippen molar-refractivity contribution in [2.24, 2.45) is 5.73 Å². The van der Waals surface area contributed by atoms with Crippen molar-refractivity contribution in [2.75, 3.05) is 7.11 Å². The fourth-order valence-corrected chi connectivity index (χ4v) is 1.26. The minimum atomic E-state index is -4.97. The molecule has 0 bridgehead atoms. The number of nitrogens with two attached hydrogens (primary N) is 1. The highest BCUT2D eigenvalue weighted by Gasteiger charge is 2.33. The number of methoxy groups -OCH3 is 1. The summed E-state index contributed by atoms with van der Waals surface area (Å²) >= 11 is 0. The molecule has 0 fully saturated rings. The van der Waals surface area contributed by atoms with Crippen LogP contribution in [0.3, 0.4) is 0 Å². The molecular weight excluding hydrogens is 272 g/mol. The van der Waals surface area contributed by atoms with Gasteiger partial charge in [0.15, 0.2) is 5.75 Å². The zero-order chi connectivity index (χ0) is 14.6. The molecule has 0 atom stereocenters. The fourth-order valence-electron chi connectivity index (χ4n) is 1.26. The molecule has 0 saturated carbocycles. The molecule has 0 aromatic carbocycles. The summed E-state index contributed by atoms with van der Waals surface area (Å²) in [7, 11) is 1.06. The van der Waals surface area contributed by atoms with Gasteiger partial charge in [-0.2, -0.15) is 4.39 Å². The molecule has 0 aliphatic rings. The lowest BCUT2D eigenvalue weighted by Crippen LogP contribution is -2.20. The van der Waals surface area contributed by atoms with Crippen molar-refractivity contribution in [1.82, 2.24) is 4.98 Å². The van der Waals surface area contributed by atoms with Gasteiger partial charge in [-0.25, -0.2) is 4.98 Å². The van der Waals surface area contributed by atoms with Crippen molar-refractivity contribution in [3.63, 3.8) is 0 Å². The molecule has 1 heterocycles. The first-order valence-corrected chi connectivity index (χ1v) is 4.97. The standard InChI is InChI=1S/C10H10F4N2O3/c1-18-8(17)3-5-2-7(19-10(12,13)14)6(4-15)16-9(5)11/h2H,3-4,15H2,1H3. The molecule has 0 radical (unpaired) electrons. The number of esters is 1. The molecule has 0 aliphatic carbocycles. The van der Waals surface area contributed by atoms with Gasteiger partial charge >= 0.3 is 12.3 Å². The predicted octanol–water partition coefficient (Wildman–Crippen LogP) is 1.29. The smallest absolute Gasteiger partial charge is 0.469 e. The van der Waals surface area contributed by atoms with E-state index < -0.39 is 42.7 Å². The third kappa shape index (κ3) is 4.36. The van der Waals surface area contributed by atoms with Gasteiger partial charge in [0.1, 0.15) is 0 Å². The largest absolute Gasteiger partial charge is 0.573 e. The van der Waals surface area contributed by atoms with Gasteiger partial charge in [0.2, 0.25) is 5.95 Å². The lowest BCUT2D eigenvalue weighted by Gasteiger charge is -2.13. The van der Waals surface area contributed by atoms with Crippen LogP contribution in [0.2, 0.25) is 0 Å². The second kappa shape index (κ2) is 5.83. The van der Waals surface area contributed by atoms with Crippen LogP contribution in [-0.4, -0.2) is 24.4 Å². The minimum Gasteiger partial charge on any atom is -0.469 e. The molecule has 106 valence electrons. The number of hydrogen-bond acceptors (Lipinski definition) is 5. The van der Waals surface area contributed by atoms with Crippen LogP contribution in [0.5, 0.6) is 5.75 Å². The molecule has 0 unspecified atom stereocenters. The van der Waals surface area contributed by atoms with E-state index in [9.17, 15) is 22.4 Å². The van der Waals surface area contributed by atoms with E-state index in [4.69, 9.17) is 5.73 Å². The third-order valence-corrected chi connectivity index (χ3v) is 2.07. The average Bonchev–Trinajstić information content (AvgIpc) is 2.30. The number of rotatable bonds is 4. The van der Waals surface area contributed by atoms with Crippen LogP contribution < -0.4 is 10.5 Å². The lowest BCUT2D eigenvalue weighted by atomic mass is 10.1. The number of carbonyl (C=O) groups excluding carboxylic acids is 1. The molecular formula is C10H10F4N2O3. The monoisotopic (exact) mass is 282 g/mol. The van der Waals surface area contributed by atoms with Crippen molar-refractivity contribution in [3.05, 3.63) is 23.3 Å². The van der Waals surface area contributed by atoms with Gasteiger partial charge in [-0.3, -0.25) is 4.79 Å². The summed E-state index contributed by atoms with van der Waals surface area (Å²) in [5.74, 6) is -2.66. The molecule has 0 saturated heterocycles. The van der Waals surface area contributed by atoms with Crippen molar-refractivity contribution in [3.8, 4) is 5.75 Å². The molecule has 5 nitrogen and oxygen atoms in total. The number of carbonyl (C=O) groups is 1. The molecule has 1 aromatic heterocycles. The fraction of sp³-hybridized carbons (Fsp3) is 0.400. The van der Waals surface area contributed by atoms with E-state index >= 15 is 0 Å².